The molecule has 1 aromatic carbocycles. The Labute approximate surface area is 126 Å². The zero-order chi connectivity index (χ0) is 15.1. The SMILES string of the molecule is CN1C2C13Cc1ccc(O)c4c1[C@@]1(C3)[C@@H](O4)C(=O)C=C[C@@]21O. The van der Waals surface area contributed by atoms with E-state index in [9.17, 15) is 15.0 Å². The summed E-state index contributed by atoms with van der Waals surface area (Å²) in [4.78, 5) is 14.7. The van der Waals surface area contributed by atoms with Crippen molar-refractivity contribution in [2.24, 2.45) is 0 Å². The van der Waals surface area contributed by atoms with Gasteiger partial charge in [0.05, 0.1) is 11.5 Å². The highest BCUT2D eigenvalue weighted by Gasteiger charge is 2.87. The van der Waals surface area contributed by atoms with Gasteiger partial charge < -0.3 is 14.9 Å². The van der Waals surface area contributed by atoms with Crippen LogP contribution in [0.1, 0.15) is 17.5 Å². The van der Waals surface area contributed by atoms with Crippen LogP contribution in [0.3, 0.4) is 0 Å². The van der Waals surface area contributed by atoms with E-state index in [2.05, 4.69) is 4.90 Å². The number of hydrogen-bond donors (Lipinski definition) is 2. The summed E-state index contributed by atoms with van der Waals surface area (Å²) in [7, 11) is 2.04. The molecule has 2 fully saturated rings. The molecular weight excluding hydrogens is 282 g/mol. The molecule has 2 spiro atoms. The number of fused-ring (bicyclic) bond motifs is 1. The molecule has 5 aliphatic rings. The zero-order valence-electron chi connectivity index (χ0n) is 12.0. The van der Waals surface area contributed by atoms with Crippen LogP contribution in [0.5, 0.6) is 11.5 Å². The number of aromatic hydroxyl groups is 1. The predicted octanol–water partition coefficient (Wildman–Crippen LogP) is 0.274. The van der Waals surface area contributed by atoms with Crippen molar-refractivity contribution in [1.29, 1.82) is 0 Å². The number of carbonyl (C=O) groups excluding carboxylic acids is 1. The van der Waals surface area contributed by atoms with Gasteiger partial charge in [0.15, 0.2) is 23.4 Å². The number of phenolic OH excluding ortho intramolecular Hbond substituents is 1. The molecule has 5 heteroatoms. The summed E-state index contributed by atoms with van der Waals surface area (Å²) in [5, 5.41) is 21.7. The van der Waals surface area contributed by atoms with Gasteiger partial charge in [0, 0.05) is 11.1 Å². The second-order valence-corrected chi connectivity index (χ2v) is 7.45. The lowest BCUT2D eigenvalue weighted by Crippen LogP contribution is -2.62. The van der Waals surface area contributed by atoms with Crippen LogP contribution in [0.25, 0.3) is 0 Å². The van der Waals surface area contributed by atoms with Crippen LogP contribution in [-0.2, 0) is 16.6 Å². The quantitative estimate of drug-likeness (QED) is 0.673. The Bertz CT molecular complexity index is 832. The van der Waals surface area contributed by atoms with E-state index in [1.807, 2.05) is 13.1 Å². The molecule has 1 saturated heterocycles. The lowest BCUT2D eigenvalue weighted by atomic mass is 9.59. The van der Waals surface area contributed by atoms with Crippen molar-refractivity contribution >= 4 is 5.78 Å². The van der Waals surface area contributed by atoms with Crippen molar-refractivity contribution in [3.63, 3.8) is 0 Å². The number of piperidine rings is 1. The number of benzene rings is 1. The Balaban J connectivity index is 1.78. The van der Waals surface area contributed by atoms with Gasteiger partial charge in [-0.1, -0.05) is 6.07 Å². The number of carbonyl (C=O) groups is 1. The van der Waals surface area contributed by atoms with Crippen molar-refractivity contribution in [3.8, 4) is 11.5 Å². The Morgan fingerprint density at radius 2 is 2.23 bits per heavy atom. The minimum absolute atomic E-state index is 0.0101. The molecule has 0 amide bonds. The van der Waals surface area contributed by atoms with E-state index in [0.717, 1.165) is 17.5 Å². The summed E-state index contributed by atoms with van der Waals surface area (Å²) in [5.74, 6) is 0.339. The van der Waals surface area contributed by atoms with Crippen LogP contribution in [0.15, 0.2) is 24.3 Å². The zero-order valence-corrected chi connectivity index (χ0v) is 12.0. The van der Waals surface area contributed by atoms with E-state index in [1.165, 1.54) is 6.08 Å². The summed E-state index contributed by atoms with van der Waals surface area (Å²) in [5.41, 5.74) is 0.0259. The molecule has 1 saturated carbocycles. The van der Waals surface area contributed by atoms with Gasteiger partial charge in [0.25, 0.3) is 0 Å². The molecule has 3 aliphatic carbocycles. The number of nitrogens with zero attached hydrogens (tertiary/aromatic N) is 1. The number of aliphatic hydroxyl groups is 1. The summed E-state index contributed by atoms with van der Waals surface area (Å²) in [6.45, 7) is 0. The molecular formula is C17H15NO4. The number of hydrogen-bond acceptors (Lipinski definition) is 5. The number of ether oxygens (including phenoxy) is 1. The van der Waals surface area contributed by atoms with E-state index < -0.39 is 17.1 Å². The van der Waals surface area contributed by atoms with Gasteiger partial charge in [-0.3, -0.25) is 9.69 Å². The molecule has 5 nitrogen and oxygen atoms in total. The van der Waals surface area contributed by atoms with Crippen LogP contribution >= 0.6 is 0 Å². The van der Waals surface area contributed by atoms with Crippen molar-refractivity contribution in [1.82, 2.24) is 4.90 Å². The van der Waals surface area contributed by atoms with Crippen LogP contribution in [0.2, 0.25) is 0 Å². The summed E-state index contributed by atoms with van der Waals surface area (Å²) in [6, 6.07) is 3.56. The van der Waals surface area contributed by atoms with Crippen LogP contribution in [0, 0.1) is 0 Å². The first kappa shape index (κ1) is 11.7. The molecule has 2 aliphatic heterocycles. The molecule has 0 aromatic heterocycles. The second kappa shape index (κ2) is 2.84. The number of likely N-dealkylation sites (tertiary alicyclic amines) is 1. The lowest BCUT2D eigenvalue weighted by molar-refractivity contribution is -0.131. The molecule has 2 bridgehead atoms. The van der Waals surface area contributed by atoms with Crippen LogP contribution in [-0.4, -0.2) is 51.2 Å². The van der Waals surface area contributed by atoms with Gasteiger partial charge in [0.1, 0.15) is 5.60 Å². The molecule has 2 heterocycles. The van der Waals surface area contributed by atoms with Crippen molar-refractivity contribution in [3.05, 3.63) is 35.4 Å². The highest BCUT2D eigenvalue weighted by molar-refractivity contribution is 5.99. The van der Waals surface area contributed by atoms with E-state index >= 15 is 0 Å². The maximum absolute atomic E-state index is 12.4. The van der Waals surface area contributed by atoms with Gasteiger partial charge in [-0.05, 0) is 43.7 Å². The number of phenols is 1. The number of likely N-dealkylation sites (N-methyl/N-ethyl adjacent to an activating group) is 1. The van der Waals surface area contributed by atoms with Crippen molar-refractivity contribution in [2.45, 2.75) is 41.5 Å². The van der Waals surface area contributed by atoms with Crippen LogP contribution in [0.4, 0.5) is 0 Å². The Morgan fingerprint density at radius 3 is 3.05 bits per heavy atom. The van der Waals surface area contributed by atoms with E-state index in [-0.39, 0.29) is 23.1 Å². The first-order valence-corrected chi connectivity index (χ1v) is 7.66. The molecule has 6 rings (SSSR count). The molecule has 6 atom stereocenters. The third-order valence-corrected chi connectivity index (χ3v) is 6.86. The highest BCUT2D eigenvalue weighted by atomic mass is 16.5. The maximum atomic E-state index is 12.4. The number of rotatable bonds is 0. The summed E-state index contributed by atoms with van der Waals surface area (Å²) in [6.07, 6.45) is 3.96. The normalized spacial score (nSPS) is 51.4. The van der Waals surface area contributed by atoms with Crippen molar-refractivity contribution in [2.75, 3.05) is 7.05 Å². The first-order chi connectivity index (χ1) is 10.5. The largest absolute Gasteiger partial charge is 0.504 e. The predicted molar refractivity (Wildman–Crippen MR) is 75.9 cm³/mol. The fraction of sp³-hybridized carbons (Fsp3) is 0.471. The minimum atomic E-state index is -1.11. The Hall–Kier alpha value is -1.85. The van der Waals surface area contributed by atoms with Gasteiger partial charge >= 0.3 is 0 Å². The minimum Gasteiger partial charge on any atom is -0.504 e. The smallest absolute Gasteiger partial charge is 0.196 e. The number of ketones is 1. The fourth-order valence-corrected chi connectivity index (χ4v) is 6.08. The topological polar surface area (TPSA) is 69.8 Å². The molecule has 1 aromatic rings. The van der Waals surface area contributed by atoms with Gasteiger partial charge in [0.2, 0.25) is 0 Å². The lowest BCUT2D eigenvalue weighted by Gasteiger charge is -2.47. The highest BCUT2D eigenvalue weighted by Crippen LogP contribution is 2.75. The van der Waals surface area contributed by atoms with Crippen molar-refractivity contribution < 1.29 is 19.7 Å². The van der Waals surface area contributed by atoms with Gasteiger partial charge in [-0.25, -0.2) is 0 Å². The van der Waals surface area contributed by atoms with Gasteiger partial charge in [-0.2, -0.15) is 0 Å². The fourth-order valence-electron chi connectivity index (χ4n) is 6.08. The van der Waals surface area contributed by atoms with Gasteiger partial charge in [-0.15, -0.1) is 0 Å². The van der Waals surface area contributed by atoms with Crippen LogP contribution < -0.4 is 4.74 Å². The Morgan fingerprint density at radius 1 is 1.41 bits per heavy atom. The maximum Gasteiger partial charge on any atom is 0.196 e. The average molecular weight is 297 g/mol. The summed E-state index contributed by atoms with van der Waals surface area (Å²) >= 11 is 0. The third kappa shape index (κ3) is 0.811. The monoisotopic (exact) mass is 297 g/mol. The molecule has 112 valence electrons. The Kier molecular flexibility index (Phi) is 1.51. The third-order valence-electron chi connectivity index (χ3n) is 6.86. The molecule has 2 N–H and O–H groups in total. The van der Waals surface area contributed by atoms with E-state index in [4.69, 9.17) is 4.74 Å². The second-order valence-electron chi connectivity index (χ2n) is 7.45. The summed E-state index contributed by atoms with van der Waals surface area (Å²) < 4.78 is 5.90. The molecule has 3 unspecified atom stereocenters. The molecule has 22 heavy (non-hydrogen) atoms. The standard InChI is InChI=1S/C17H15NO4/c1-18-14-15(18)6-8-2-3-9(19)12-11(8)16(7-15)13(22-12)10(20)4-5-17(14,16)21/h2-5,13-14,19,21H,6-7H2,1H3/t13-,14?,15?,16-,17+,18?/m0/s1. The van der Waals surface area contributed by atoms with E-state index in [0.29, 0.717) is 12.2 Å². The van der Waals surface area contributed by atoms with E-state index in [1.54, 1.807) is 12.1 Å². The molecule has 0 radical (unpaired) electrons. The first-order valence-electron chi connectivity index (χ1n) is 7.66. The average Bonchev–Trinajstić information content (AvgIpc) is 2.82.